The van der Waals surface area contributed by atoms with Gasteiger partial charge in [-0.1, -0.05) is 11.8 Å². The van der Waals surface area contributed by atoms with Crippen LogP contribution < -0.4 is 0 Å². The molecule has 0 saturated carbocycles. The summed E-state index contributed by atoms with van der Waals surface area (Å²) in [7, 11) is 0. The molecule has 2 nitrogen and oxygen atoms in total. The summed E-state index contributed by atoms with van der Waals surface area (Å²) in [4.78, 5) is 13.3. The summed E-state index contributed by atoms with van der Waals surface area (Å²) in [6, 6.07) is 12.5. The lowest BCUT2D eigenvalue weighted by atomic mass is 10.2. The predicted octanol–water partition coefficient (Wildman–Crippen LogP) is 4.76. The van der Waals surface area contributed by atoms with E-state index in [0.717, 1.165) is 13.4 Å². The van der Waals surface area contributed by atoms with Crippen LogP contribution in [0.3, 0.4) is 0 Å². The molecule has 0 aliphatic carbocycles. The Morgan fingerprint density at radius 1 is 1.20 bits per heavy atom. The molecule has 5 heteroatoms. The fourth-order valence-corrected chi connectivity index (χ4v) is 2.77. The number of rotatable bonds is 4. The smallest absolute Gasteiger partial charge is 0.341 e. The van der Waals surface area contributed by atoms with Crippen molar-refractivity contribution in [2.45, 2.75) is 16.7 Å². The van der Waals surface area contributed by atoms with E-state index < -0.39 is 11.8 Å². The van der Waals surface area contributed by atoms with Crippen molar-refractivity contribution >= 4 is 40.3 Å². The number of hydrogen-bond acceptors (Lipinski definition) is 3. The molecule has 0 aliphatic rings. The van der Waals surface area contributed by atoms with Gasteiger partial charge >= 0.3 is 5.97 Å². The lowest BCUT2D eigenvalue weighted by Crippen LogP contribution is -2.06. The van der Waals surface area contributed by atoms with E-state index in [1.54, 1.807) is 13.0 Å². The second-order valence-electron chi connectivity index (χ2n) is 3.92. The van der Waals surface area contributed by atoms with Crippen molar-refractivity contribution in [1.82, 2.24) is 0 Å². The summed E-state index contributed by atoms with van der Waals surface area (Å²) in [5.74, 6) is -1.19. The first kappa shape index (κ1) is 15.3. The van der Waals surface area contributed by atoms with Crippen molar-refractivity contribution in [3.05, 3.63) is 57.4 Å². The Kier molecular flexibility index (Phi) is 5.42. The van der Waals surface area contributed by atoms with Gasteiger partial charge in [0.15, 0.2) is 0 Å². The van der Waals surface area contributed by atoms with E-state index in [2.05, 4.69) is 22.6 Å². The molecular weight excluding hydrogens is 390 g/mol. The van der Waals surface area contributed by atoms with Crippen LogP contribution in [0.2, 0.25) is 0 Å². The molecule has 0 saturated heterocycles. The second-order valence-corrected chi connectivity index (χ2v) is 6.31. The first-order valence-corrected chi connectivity index (χ1v) is 7.89. The highest BCUT2D eigenvalue weighted by Gasteiger charge is 2.13. The van der Waals surface area contributed by atoms with Crippen molar-refractivity contribution < 1.29 is 13.9 Å². The van der Waals surface area contributed by atoms with Crippen molar-refractivity contribution in [2.24, 2.45) is 0 Å². The van der Waals surface area contributed by atoms with Gasteiger partial charge in [-0.3, -0.25) is 0 Å². The molecule has 0 spiro atoms. The van der Waals surface area contributed by atoms with Gasteiger partial charge in [-0.2, -0.15) is 0 Å². The lowest BCUT2D eigenvalue weighted by molar-refractivity contribution is 0.0521. The molecule has 0 heterocycles. The van der Waals surface area contributed by atoms with Gasteiger partial charge in [0, 0.05) is 13.4 Å². The third-order valence-corrected chi connectivity index (χ3v) is 4.20. The van der Waals surface area contributed by atoms with Crippen LogP contribution >= 0.6 is 34.4 Å². The van der Waals surface area contributed by atoms with Crippen LogP contribution in [0.25, 0.3) is 0 Å². The summed E-state index contributed by atoms with van der Waals surface area (Å²) in [6.07, 6.45) is 0. The number of ether oxygens (including phenoxy) is 1. The highest BCUT2D eigenvalue weighted by molar-refractivity contribution is 14.1. The molecule has 0 aromatic heterocycles. The fraction of sp³-hybridized carbons (Fsp3) is 0.133. The first-order valence-electron chi connectivity index (χ1n) is 6.00. The number of carbonyl (C=O) groups excluding carboxylic acids is 1. The number of esters is 1. The molecule has 0 bridgehead atoms. The predicted molar refractivity (Wildman–Crippen MR) is 85.6 cm³/mol. The topological polar surface area (TPSA) is 26.3 Å². The average molecular weight is 402 g/mol. The Labute approximate surface area is 134 Å². The van der Waals surface area contributed by atoms with Crippen molar-refractivity contribution in [3.63, 3.8) is 0 Å². The third-order valence-electron chi connectivity index (χ3n) is 2.49. The maximum Gasteiger partial charge on any atom is 0.341 e. The van der Waals surface area contributed by atoms with E-state index in [9.17, 15) is 9.18 Å². The van der Waals surface area contributed by atoms with Gasteiger partial charge in [0.25, 0.3) is 0 Å². The SMILES string of the molecule is CCOC(=O)c1ccc(Sc2ccc(I)cc2)cc1F. The van der Waals surface area contributed by atoms with E-state index in [4.69, 9.17) is 4.74 Å². The minimum atomic E-state index is -0.629. The summed E-state index contributed by atoms with van der Waals surface area (Å²) in [5, 5.41) is 0. The van der Waals surface area contributed by atoms with Crippen LogP contribution in [0, 0.1) is 9.39 Å². The molecule has 0 N–H and O–H groups in total. The minimum Gasteiger partial charge on any atom is -0.462 e. The first-order chi connectivity index (χ1) is 9.60. The maximum atomic E-state index is 13.9. The molecular formula is C15H12FIO2S. The number of halogens is 2. The molecule has 2 aromatic rings. The fourth-order valence-electron chi connectivity index (χ4n) is 1.57. The van der Waals surface area contributed by atoms with Crippen LogP contribution in [0.15, 0.2) is 52.3 Å². The zero-order valence-corrected chi connectivity index (χ0v) is 13.7. The van der Waals surface area contributed by atoms with E-state index in [1.807, 2.05) is 24.3 Å². The van der Waals surface area contributed by atoms with Crippen molar-refractivity contribution in [2.75, 3.05) is 6.61 Å². The molecule has 0 radical (unpaired) electrons. The van der Waals surface area contributed by atoms with Crippen LogP contribution in [-0.4, -0.2) is 12.6 Å². The van der Waals surface area contributed by atoms with E-state index in [1.165, 1.54) is 23.9 Å². The van der Waals surface area contributed by atoms with Crippen LogP contribution in [0.1, 0.15) is 17.3 Å². The quantitative estimate of drug-likeness (QED) is 0.545. The van der Waals surface area contributed by atoms with Gasteiger partial charge in [0.2, 0.25) is 0 Å². The normalized spacial score (nSPS) is 10.3. The third kappa shape index (κ3) is 3.96. The number of carbonyl (C=O) groups is 1. The second kappa shape index (κ2) is 7.08. The molecule has 0 aliphatic heterocycles. The Hall–Kier alpha value is -1.08. The Morgan fingerprint density at radius 2 is 1.85 bits per heavy atom. The summed E-state index contributed by atoms with van der Waals surface area (Å²) in [6.45, 7) is 1.92. The Bertz CT molecular complexity index is 614. The molecule has 0 fully saturated rings. The van der Waals surface area contributed by atoms with Crippen LogP contribution in [0.4, 0.5) is 4.39 Å². The molecule has 2 aromatic carbocycles. The summed E-state index contributed by atoms with van der Waals surface area (Å²) < 4.78 is 19.8. The van der Waals surface area contributed by atoms with Gasteiger partial charge in [-0.15, -0.1) is 0 Å². The van der Waals surface area contributed by atoms with Gasteiger partial charge in [0.1, 0.15) is 5.82 Å². The zero-order chi connectivity index (χ0) is 14.5. The zero-order valence-electron chi connectivity index (χ0n) is 10.7. The van der Waals surface area contributed by atoms with Crippen molar-refractivity contribution in [3.8, 4) is 0 Å². The highest BCUT2D eigenvalue weighted by Crippen LogP contribution is 2.29. The summed E-state index contributed by atoms with van der Waals surface area (Å²) in [5.41, 5.74) is -0.0289. The molecule has 20 heavy (non-hydrogen) atoms. The monoisotopic (exact) mass is 402 g/mol. The Morgan fingerprint density at radius 3 is 2.45 bits per heavy atom. The average Bonchev–Trinajstić information content (AvgIpc) is 2.42. The van der Waals surface area contributed by atoms with E-state index >= 15 is 0 Å². The molecule has 0 atom stereocenters. The van der Waals surface area contributed by atoms with E-state index in [-0.39, 0.29) is 12.2 Å². The lowest BCUT2D eigenvalue weighted by Gasteiger charge is -2.06. The maximum absolute atomic E-state index is 13.9. The number of hydrogen-bond donors (Lipinski definition) is 0. The number of benzene rings is 2. The van der Waals surface area contributed by atoms with Gasteiger partial charge in [-0.25, -0.2) is 9.18 Å². The molecule has 0 amide bonds. The molecule has 0 unspecified atom stereocenters. The van der Waals surface area contributed by atoms with Gasteiger partial charge in [0.05, 0.1) is 12.2 Å². The van der Waals surface area contributed by atoms with Gasteiger partial charge in [-0.05, 0) is 72.0 Å². The largest absolute Gasteiger partial charge is 0.462 e. The highest BCUT2D eigenvalue weighted by atomic mass is 127. The van der Waals surface area contributed by atoms with Gasteiger partial charge < -0.3 is 4.74 Å². The van der Waals surface area contributed by atoms with Crippen LogP contribution in [0.5, 0.6) is 0 Å². The molecule has 2 rings (SSSR count). The summed E-state index contributed by atoms with van der Waals surface area (Å²) >= 11 is 3.68. The van der Waals surface area contributed by atoms with Crippen molar-refractivity contribution in [1.29, 1.82) is 0 Å². The molecule has 104 valence electrons. The Balaban J connectivity index is 2.16. The standard InChI is InChI=1S/C15H12FIO2S/c1-2-19-15(18)13-8-7-12(9-14(13)16)20-11-5-3-10(17)4-6-11/h3-9H,2H2,1H3. The van der Waals surface area contributed by atoms with Crippen LogP contribution in [-0.2, 0) is 4.74 Å². The minimum absolute atomic E-state index is 0.0289. The van der Waals surface area contributed by atoms with E-state index in [0.29, 0.717) is 0 Å².